The van der Waals surface area contributed by atoms with Crippen molar-refractivity contribution in [2.24, 2.45) is 0 Å². The summed E-state index contributed by atoms with van der Waals surface area (Å²) in [5.74, 6) is 2.16. The third kappa shape index (κ3) is 9.26. The van der Waals surface area contributed by atoms with E-state index in [1.807, 2.05) is 0 Å². The highest BCUT2D eigenvalue weighted by Crippen LogP contribution is 1.93. The molecule has 0 aliphatic heterocycles. The monoisotopic (exact) mass is 213 g/mol. The number of carbonyl (C=O) groups is 1. The molecule has 86 valence electrons. The average molecular weight is 213 g/mol. The predicted molar refractivity (Wildman–Crippen MR) is 58.2 cm³/mol. The first kappa shape index (κ1) is 13.9. The van der Waals surface area contributed by atoms with Gasteiger partial charge in [0.2, 0.25) is 0 Å². The van der Waals surface area contributed by atoms with Gasteiger partial charge in [-0.15, -0.1) is 12.3 Å². The van der Waals surface area contributed by atoms with Gasteiger partial charge in [0, 0.05) is 13.0 Å². The van der Waals surface area contributed by atoms with Crippen molar-refractivity contribution < 1.29 is 14.6 Å². The summed E-state index contributed by atoms with van der Waals surface area (Å²) in [7, 11) is 0. The smallest absolute Gasteiger partial charge is 0.308 e. The Morgan fingerprint density at radius 2 is 2.40 bits per heavy atom. The highest BCUT2D eigenvalue weighted by molar-refractivity contribution is 5.69. The Kier molecular flexibility index (Phi) is 8.84. The summed E-state index contributed by atoms with van der Waals surface area (Å²) >= 11 is 0. The lowest BCUT2D eigenvalue weighted by molar-refractivity contribution is -0.145. The van der Waals surface area contributed by atoms with Gasteiger partial charge in [-0.25, -0.2) is 0 Å². The number of terminal acetylenes is 1. The van der Waals surface area contributed by atoms with E-state index in [-0.39, 0.29) is 12.4 Å². The predicted octanol–water partition coefficient (Wildman–Crippen LogP) is 0.303. The highest BCUT2D eigenvalue weighted by Gasteiger charge is 2.10. The number of nitrogens with one attached hydrogen (secondary N) is 1. The summed E-state index contributed by atoms with van der Waals surface area (Å²) in [6.07, 6.45) is 6.03. The van der Waals surface area contributed by atoms with Crippen molar-refractivity contribution in [2.45, 2.75) is 32.3 Å². The molecule has 0 saturated carbocycles. The molecule has 15 heavy (non-hydrogen) atoms. The lowest BCUT2D eigenvalue weighted by Gasteiger charge is -2.10. The molecule has 0 heterocycles. The fraction of sp³-hybridized carbons (Fsp3) is 0.727. The minimum absolute atomic E-state index is 0.0377. The second kappa shape index (κ2) is 9.50. The molecule has 0 aliphatic rings. The topological polar surface area (TPSA) is 58.6 Å². The molecule has 1 unspecified atom stereocenters. The molecule has 0 saturated heterocycles. The number of hydrogen-bond donors (Lipinski definition) is 2. The Labute approximate surface area is 91.0 Å². The second-order valence-corrected chi connectivity index (χ2v) is 3.17. The van der Waals surface area contributed by atoms with Crippen molar-refractivity contribution in [1.82, 2.24) is 5.32 Å². The van der Waals surface area contributed by atoms with Crippen molar-refractivity contribution in [3.63, 3.8) is 0 Å². The molecule has 0 rings (SSSR count). The number of unbranched alkanes of at least 4 members (excludes halogenated alkanes) is 1. The van der Waals surface area contributed by atoms with Crippen LogP contribution in [0, 0.1) is 12.3 Å². The van der Waals surface area contributed by atoms with Crippen molar-refractivity contribution in [3.05, 3.63) is 0 Å². The van der Waals surface area contributed by atoms with Crippen molar-refractivity contribution >= 4 is 5.97 Å². The van der Waals surface area contributed by atoms with Crippen LogP contribution in [0.25, 0.3) is 0 Å². The number of aliphatic hydroxyl groups excluding tert-OH is 1. The number of carbonyl (C=O) groups excluding carboxylic acids is 1. The van der Waals surface area contributed by atoms with Crippen LogP contribution < -0.4 is 5.32 Å². The van der Waals surface area contributed by atoms with Gasteiger partial charge < -0.3 is 15.2 Å². The molecule has 0 fully saturated rings. The lowest BCUT2D eigenvalue weighted by atomic mass is 10.2. The van der Waals surface area contributed by atoms with Crippen LogP contribution in [0.3, 0.4) is 0 Å². The van der Waals surface area contributed by atoms with Gasteiger partial charge in [0.25, 0.3) is 0 Å². The van der Waals surface area contributed by atoms with Gasteiger partial charge in [-0.2, -0.15) is 0 Å². The summed E-state index contributed by atoms with van der Waals surface area (Å²) in [6.45, 7) is 3.23. The molecule has 4 nitrogen and oxygen atoms in total. The van der Waals surface area contributed by atoms with Gasteiger partial charge >= 0.3 is 5.97 Å². The number of aliphatic hydroxyl groups is 1. The third-order valence-corrected chi connectivity index (χ3v) is 1.76. The minimum Gasteiger partial charge on any atom is -0.466 e. The molecule has 0 radical (unpaired) electrons. The van der Waals surface area contributed by atoms with E-state index in [0.717, 1.165) is 19.4 Å². The van der Waals surface area contributed by atoms with Gasteiger partial charge in [0.05, 0.1) is 19.1 Å². The van der Waals surface area contributed by atoms with E-state index in [0.29, 0.717) is 13.2 Å². The van der Waals surface area contributed by atoms with Crippen LogP contribution in [0.4, 0.5) is 0 Å². The Balaban J connectivity index is 3.37. The van der Waals surface area contributed by atoms with Crippen LogP contribution in [0.5, 0.6) is 0 Å². The third-order valence-electron chi connectivity index (χ3n) is 1.76. The molecular formula is C11H19NO3. The van der Waals surface area contributed by atoms with Crippen LogP contribution in [0.15, 0.2) is 0 Å². The number of esters is 1. The van der Waals surface area contributed by atoms with Gasteiger partial charge in [0.1, 0.15) is 0 Å². The van der Waals surface area contributed by atoms with E-state index in [9.17, 15) is 9.90 Å². The molecule has 0 bridgehead atoms. The van der Waals surface area contributed by atoms with Gasteiger partial charge in [-0.05, 0) is 19.9 Å². The SMILES string of the molecule is C#CCCCNCC(O)CC(=O)OCC. The van der Waals surface area contributed by atoms with E-state index in [1.54, 1.807) is 6.92 Å². The largest absolute Gasteiger partial charge is 0.466 e. The maximum absolute atomic E-state index is 11.0. The molecule has 0 spiro atoms. The minimum atomic E-state index is -0.685. The molecule has 0 aliphatic carbocycles. The average Bonchev–Trinajstić information content (AvgIpc) is 2.17. The molecule has 0 amide bonds. The maximum atomic E-state index is 11.0. The van der Waals surface area contributed by atoms with E-state index in [4.69, 9.17) is 11.2 Å². The van der Waals surface area contributed by atoms with Gasteiger partial charge in [-0.3, -0.25) is 4.79 Å². The van der Waals surface area contributed by atoms with E-state index < -0.39 is 6.10 Å². The van der Waals surface area contributed by atoms with Crippen LogP contribution in [-0.4, -0.2) is 36.9 Å². The van der Waals surface area contributed by atoms with Crippen molar-refractivity contribution in [3.8, 4) is 12.3 Å². The zero-order valence-corrected chi connectivity index (χ0v) is 9.16. The van der Waals surface area contributed by atoms with E-state index in [1.165, 1.54) is 0 Å². The van der Waals surface area contributed by atoms with Crippen molar-refractivity contribution in [2.75, 3.05) is 19.7 Å². The summed E-state index contributed by atoms with van der Waals surface area (Å²) in [5.41, 5.74) is 0. The van der Waals surface area contributed by atoms with Crippen LogP contribution in [0.2, 0.25) is 0 Å². The Bertz CT molecular complexity index is 210. The number of ether oxygens (including phenoxy) is 1. The summed E-state index contributed by atoms with van der Waals surface area (Å²) in [5, 5.41) is 12.4. The number of rotatable bonds is 8. The fourth-order valence-corrected chi connectivity index (χ4v) is 1.07. The highest BCUT2D eigenvalue weighted by atomic mass is 16.5. The summed E-state index contributed by atoms with van der Waals surface area (Å²) in [4.78, 5) is 11.0. The summed E-state index contributed by atoms with van der Waals surface area (Å²) < 4.78 is 4.70. The van der Waals surface area contributed by atoms with Crippen molar-refractivity contribution in [1.29, 1.82) is 0 Å². The zero-order valence-electron chi connectivity index (χ0n) is 9.16. The molecule has 2 N–H and O–H groups in total. The molecule has 0 aromatic heterocycles. The number of hydrogen-bond acceptors (Lipinski definition) is 4. The van der Waals surface area contributed by atoms with E-state index in [2.05, 4.69) is 11.2 Å². The summed E-state index contributed by atoms with van der Waals surface area (Å²) in [6, 6.07) is 0. The van der Waals surface area contributed by atoms with Crippen LogP contribution >= 0.6 is 0 Å². The van der Waals surface area contributed by atoms with E-state index >= 15 is 0 Å². The standard InChI is InChI=1S/C11H19NO3/c1-3-5-6-7-12-9-10(13)8-11(14)15-4-2/h1,10,12-13H,4-9H2,2H3. The first-order valence-electron chi connectivity index (χ1n) is 5.18. The lowest BCUT2D eigenvalue weighted by Crippen LogP contribution is -2.29. The maximum Gasteiger partial charge on any atom is 0.308 e. The van der Waals surface area contributed by atoms with Gasteiger partial charge in [-0.1, -0.05) is 0 Å². The van der Waals surface area contributed by atoms with Crippen LogP contribution in [-0.2, 0) is 9.53 Å². The fourth-order valence-electron chi connectivity index (χ4n) is 1.07. The molecule has 0 aromatic rings. The molecular weight excluding hydrogens is 194 g/mol. The van der Waals surface area contributed by atoms with Crippen LogP contribution in [0.1, 0.15) is 26.2 Å². The zero-order chi connectivity index (χ0) is 11.5. The molecule has 0 aromatic carbocycles. The molecule has 4 heteroatoms. The Morgan fingerprint density at radius 1 is 1.67 bits per heavy atom. The Hall–Kier alpha value is -1.05. The first-order valence-corrected chi connectivity index (χ1v) is 5.18. The van der Waals surface area contributed by atoms with Gasteiger partial charge in [0.15, 0.2) is 0 Å². The quantitative estimate of drug-likeness (QED) is 0.346. The second-order valence-electron chi connectivity index (χ2n) is 3.17. The normalized spacial score (nSPS) is 11.8. The molecule has 1 atom stereocenters. The Morgan fingerprint density at radius 3 is 3.00 bits per heavy atom. The first-order chi connectivity index (χ1) is 7.20.